The van der Waals surface area contributed by atoms with Gasteiger partial charge in [-0.15, -0.1) is 0 Å². The van der Waals surface area contributed by atoms with E-state index in [1.165, 1.54) is 6.07 Å². The van der Waals surface area contributed by atoms with Crippen LogP contribution in [0.2, 0.25) is 0 Å². The summed E-state index contributed by atoms with van der Waals surface area (Å²) >= 11 is 0. The minimum atomic E-state index is -0.828. The van der Waals surface area contributed by atoms with Gasteiger partial charge in [-0.2, -0.15) is 0 Å². The van der Waals surface area contributed by atoms with Gasteiger partial charge < -0.3 is 20.9 Å². The number of rotatable bonds is 10. The van der Waals surface area contributed by atoms with Gasteiger partial charge in [-0.1, -0.05) is 31.9 Å². The third-order valence-corrected chi connectivity index (χ3v) is 6.47. The van der Waals surface area contributed by atoms with Crippen LogP contribution in [0.3, 0.4) is 0 Å². The summed E-state index contributed by atoms with van der Waals surface area (Å²) in [5.74, 6) is -1.65. The van der Waals surface area contributed by atoms with E-state index >= 15 is 0 Å². The largest absolute Gasteiger partial charge is 0.356 e. The third kappa shape index (κ3) is 5.40. The zero-order chi connectivity index (χ0) is 23.5. The first-order valence-corrected chi connectivity index (χ1v) is 11.5. The number of halogens is 1. The van der Waals surface area contributed by atoms with E-state index in [0.717, 1.165) is 12.8 Å². The van der Waals surface area contributed by atoms with Crippen LogP contribution in [-0.2, 0) is 14.4 Å². The first-order valence-electron chi connectivity index (χ1n) is 11.5. The summed E-state index contributed by atoms with van der Waals surface area (Å²) in [6.07, 6.45) is 3.54. The number of hydrogen-bond donors (Lipinski definition) is 4. The maximum absolute atomic E-state index is 14.0. The number of H-pyrrole nitrogens is 1. The maximum Gasteiger partial charge on any atom is 0.268 e. The topological polar surface area (TPSA) is 120 Å². The summed E-state index contributed by atoms with van der Waals surface area (Å²) < 4.78 is 14.0. The fraction of sp³-hybridized carbons (Fsp3) is 0.500. The molecule has 9 heteroatoms. The molecule has 0 bridgehead atoms. The molecule has 1 aromatic heterocycles. The summed E-state index contributed by atoms with van der Waals surface area (Å²) in [5.41, 5.74) is 0.391. The molecule has 4 rings (SSSR count). The molecule has 4 N–H and O–H groups in total. The number of para-hydroxylation sites is 1. The lowest BCUT2D eigenvalue weighted by atomic mass is 9.94. The standard InChI is InChI=1S/C24H29FN4O4/c1-2-20(30)17(12-15-8-9-26-22(15)31)28-23(32)18(10-13-6-7-13)29-24(33)19-11-14-4-3-5-16(25)21(14)27-19/h3-5,11,13,15,17-18,27H,2,6-10,12H2,1H3,(H,26,31)(H,28,32)(H,29,33)/t15-,17-,18-/m0/s1. The lowest BCUT2D eigenvalue weighted by Crippen LogP contribution is -2.52. The molecule has 2 aliphatic rings. The monoisotopic (exact) mass is 456 g/mol. The molecule has 33 heavy (non-hydrogen) atoms. The number of hydrogen-bond acceptors (Lipinski definition) is 4. The maximum atomic E-state index is 14.0. The predicted octanol–water partition coefficient (Wildman–Crippen LogP) is 2.20. The Bertz CT molecular complexity index is 1080. The molecular formula is C24H29FN4O4. The molecule has 2 heterocycles. The molecule has 8 nitrogen and oxygen atoms in total. The van der Waals surface area contributed by atoms with Crippen LogP contribution in [0.25, 0.3) is 10.9 Å². The number of aromatic amines is 1. The lowest BCUT2D eigenvalue weighted by Gasteiger charge is -2.24. The molecule has 3 atom stereocenters. The fourth-order valence-electron chi connectivity index (χ4n) is 4.34. The average Bonchev–Trinajstić information content (AvgIpc) is 3.35. The smallest absolute Gasteiger partial charge is 0.268 e. The van der Waals surface area contributed by atoms with Crippen molar-refractivity contribution in [3.63, 3.8) is 0 Å². The summed E-state index contributed by atoms with van der Waals surface area (Å²) in [6, 6.07) is 4.50. The van der Waals surface area contributed by atoms with Gasteiger partial charge in [0.15, 0.2) is 5.78 Å². The number of Topliss-reactive ketones (excluding diaryl/α,β-unsaturated/α-hetero) is 1. The van der Waals surface area contributed by atoms with Crippen molar-refractivity contribution in [1.82, 2.24) is 20.9 Å². The minimum Gasteiger partial charge on any atom is -0.356 e. The highest BCUT2D eigenvalue weighted by Gasteiger charge is 2.35. The molecule has 1 saturated carbocycles. The van der Waals surface area contributed by atoms with E-state index in [1.807, 2.05) is 0 Å². The second-order valence-electron chi connectivity index (χ2n) is 8.99. The number of fused-ring (bicyclic) bond motifs is 1. The Labute approximate surface area is 191 Å². The Morgan fingerprint density at radius 1 is 1.12 bits per heavy atom. The van der Waals surface area contributed by atoms with Crippen LogP contribution in [0.1, 0.15) is 55.9 Å². The molecule has 2 fully saturated rings. The van der Waals surface area contributed by atoms with Crippen molar-refractivity contribution in [3.8, 4) is 0 Å². The Hall–Kier alpha value is -3.23. The zero-order valence-corrected chi connectivity index (χ0v) is 18.6. The molecular weight excluding hydrogens is 427 g/mol. The van der Waals surface area contributed by atoms with Gasteiger partial charge in [-0.3, -0.25) is 19.2 Å². The summed E-state index contributed by atoms with van der Waals surface area (Å²) in [6.45, 7) is 2.28. The van der Waals surface area contributed by atoms with E-state index in [-0.39, 0.29) is 41.7 Å². The van der Waals surface area contributed by atoms with E-state index in [1.54, 1.807) is 25.1 Å². The average molecular weight is 457 g/mol. The fourth-order valence-corrected chi connectivity index (χ4v) is 4.34. The highest BCUT2D eigenvalue weighted by Crippen LogP contribution is 2.33. The van der Waals surface area contributed by atoms with E-state index in [0.29, 0.717) is 30.7 Å². The second kappa shape index (κ2) is 9.72. The Morgan fingerprint density at radius 2 is 1.91 bits per heavy atom. The van der Waals surface area contributed by atoms with E-state index in [9.17, 15) is 23.6 Å². The Morgan fingerprint density at radius 3 is 2.55 bits per heavy atom. The number of aromatic nitrogens is 1. The first-order chi connectivity index (χ1) is 15.9. The van der Waals surface area contributed by atoms with Gasteiger partial charge in [0.2, 0.25) is 11.8 Å². The molecule has 2 aromatic rings. The van der Waals surface area contributed by atoms with Crippen LogP contribution in [0.4, 0.5) is 4.39 Å². The summed E-state index contributed by atoms with van der Waals surface area (Å²) in [4.78, 5) is 53.3. The van der Waals surface area contributed by atoms with Crippen LogP contribution in [-0.4, -0.2) is 47.1 Å². The molecule has 1 aliphatic carbocycles. The zero-order valence-electron chi connectivity index (χ0n) is 18.6. The first kappa shape index (κ1) is 22.9. The van der Waals surface area contributed by atoms with Gasteiger partial charge in [-0.25, -0.2) is 4.39 Å². The summed E-state index contributed by atoms with van der Waals surface area (Å²) in [7, 11) is 0. The summed E-state index contributed by atoms with van der Waals surface area (Å²) in [5, 5.41) is 8.86. The molecule has 3 amide bonds. The molecule has 176 valence electrons. The normalized spacial score (nSPS) is 19.7. The quantitative estimate of drug-likeness (QED) is 0.438. The van der Waals surface area contributed by atoms with Crippen molar-refractivity contribution in [2.45, 2.75) is 57.5 Å². The number of amides is 3. The highest BCUT2D eigenvalue weighted by atomic mass is 19.1. The number of nitrogens with one attached hydrogen (secondary N) is 4. The molecule has 1 saturated heterocycles. The number of carbonyl (C=O) groups is 4. The van der Waals surface area contributed by atoms with Crippen molar-refractivity contribution in [2.24, 2.45) is 11.8 Å². The van der Waals surface area contributed by atoms with Gasteiger partial charge in [0.1, 0.15) is 17.6 Å². The molecule has 0 unspecified atom stereocenters. The van der Waals surface area contributed by atoms with Gasteiger partial charge >= 0.3 is 0 Å². The molecule has 1 aromatic carbocycles. The van der Waals surface area contributed by atoms with Gasteiger partial charge in [0.05, 0.1) is 11.6 Å². The Balaban J connectivity index is 1.47. The van der Waals surface area contributed by atoms with Gasteiger partial charge in [0.25, 0.3) is 5.91 Å². The molecule has 0 radical (unpaired) electrons. The molecule has 0 spiro atoms. The van der Waals surface area contributed by atoms with E-state index < -0.39 is 29.7 Å². The van der Waals surface area contributed by atoms with E-state index in [4.69, 9.17) is 0 Å². The lowest BCUT2D eigenvalue weighted by molar-refractivity contribution is -0.130. The van der Waals surface area contributed by atoms with Crippen molar-refractivity contribution in [2.75, 3.05) is 6.54 Å². The number of ketones is 1. The third-order valence-electron chi connectivity index (χ3n) is 6.47. The van der Waals surface area contributed by atoms with Crippen molar-refractivity contribution < 1.29 is 23.6 Å². The van der Waals surface area contributed by atoms with Crippen LogP contribution >= 0.6 is 0 Å². The van der Waals surface area contributed by atoms with Crippen molar-refractivity contribution >= 4 is 34.4 Å². The highest BCUT2D eigenvalue weighted by molar-refractivity contribution is 6.01. The van der Waals surface area contributed by atoms with E-state index in [2.05, 4.69) is 20.9 Å². The predicted molar refractivity (Wildman–Crippen MR) is 120 cm³/mol. The van der Waals surface area contributed by atoms with Crippen LogP contribution in [0, 0.1) is 17.7 Å². The number of benzene rings is 1. The van der Waals surface area contributed by atoms with Crippen molar-refractivity contribution in [3.05, 3.63) is 35.8 Å². The minimum absolute atomic E-state index is 0.105. The van der Waals surface area contributed by atoms with Crippen LogP contribution in [0.5, 0.6) is 0 Å². The Kier molecular flexibility index (Phi) is 6.76. The van der Waals surface area contributed by atoms with Crippen LogP contribution in [0.15, 0.2) is 24.3 Å². The second-order valence-corrected chi connectivity index (χ2v) is 8.99. The van der Waals surface area contributed by atoms with Gasteiger partial charge in [0, 0.05) is 24.3 Å². The SMILES string of the molecule is CCC(=O)[C@H](C[C@@H]1CCNC1=O)NC(=O)[C@H](CC1CC1)NC(=O)c1cc2cccc(F)c2[nH]1. The molecule has 1 aliphatic heterocycles. The van der Waals surface area contributed by atoms with Crippen molar-refractivity contribution in [1.29, 1.82) is 0 Å². The van der Waals surface area contributed by atoms with Gasteiger partial charge in [-0.05, 0) is 37.3 Å². The van der Waals surface area contributed by atoms with Crippen LogP contribution < -0.4 is 16.0 Å². The number of carbonyl (C=O) groups excluding carboxylic acids is 4.